The molecule has 0 bridgehead atoms. The summed E-state index contributed by atoms with van der Waals surface area (Å²) >= 11 is 6.34. The van der Waals surface area contributed by atoms with Gasteiger partial charge in [-0.15, -0.1) is 6.58 Å². The van der Waals surface area contributed by atoms with Crippen LogP contribution in [0.2, 0.25) is 5.02 Å². The van der Waals surface area contributed by atoms with Gasteiger partial charge in [0.2, 0.25) is 0 Å². The molecule has 0 saturated heterocycles. The molecule has 0 amide bonds. The largest absolute Gasteiger partial charge is 0.490 e. The molecule has 2 aromatic carbocycles. The molecular weight excluding hydrogens is 462 g/mol. The molecule has 0 aromatic heterocycles. The second-order valence-electron chi connectivity index (χ2n) is 10.9. The Morgan fingerprint density at radius 1 is 1.31 bits per heavy atom. The van der Waals surface area contributed by atoms with Crippen LogP contribution in [0.5, 0.6) is 5.75 Å². The normalized spacial score (nSPS) is 28.2. The number of aryl methyl sites for hydroxylation is 1. The summed E-state index contributed by atoms with van der Waals surface area (Å²) in [6.07, 6.45) is 7.01. The molecule has 2 aromatic rings. The lowest BCUT2D eigenvalue weighted by Crippen LogP contribution is -2.53. The Morgan fingerprint density at radius 2 is 2.14 bits per heavy atom. The van der Waals surface area contributed by atoms with Crippen molar-refractivity contribution in [3.63, 3.8) is 0 Å². The highest BCUT2D eigenvalue weighted by atomic mass is 35.5. The Balaban J connectivity index is 1.55. The Morgan fingerprint density at radius 3 is 2.86 bits per heavy atom. The Labute approximate surface area is 212 Å². The number of hydrogen-bond donors (Lipinski definition) is 2. The van der Waals surface area contributed by atoms with Gasteiger partial charge in [-0.3, -0.25) is 0 Å². The number of carbonyl (C=O) groups is 1. The number of hydrogen-bond acceptors (Lipinski definition) is 4. The van der Waals surface area contributed by atoms with Gasteiger partial charge in [0.25, 0.3) is 0 Å². The summed E-state index contributed by atoms with van der Waals surface area (Å²) in [5.41, 5.74) is 3.26. The molecule has 2 aliphatic carbocycles. The number of nitrogens with zero attached hydrogens (tertiary/aromatic N) is 1. The molecule has 1 saturated carbocycles. The maximum Gasteiger partial charge on any atom is 0.335 e. The molecule has 4 atom stereocenters. The average molecular weight is 496 g/mol. The molecule has 1 fully saturated rings. The van der Waals surface area contributed by atoms with E-state index in [-0.39, 0.29) is 16.4 Å². The smallest absolute Gasteiger partial charge is 0.335 e. The van der Waals surface area contributed by atoms with Crippen LogP contribution in [0.4, 0.5) is 5.69 Å². The number of aromatic carboxylic acids is 1. The molecule has 0 unspecified atom stereocenters. The molecule has 1 heterocycles. The fraction of sp³-hybridized carbons (Fsp3) is 0.483. The van der Waals surface area contributed by atoms with Crippen molar-refractivity contribution < 1.29 is 19.7 Å². The third kappa shape index (κ3) is 4.23. The Kier molecular flexibility index (Phi) is 6.35. The maximum absolute atomic E-state index is 11.8. The van der Waals surface area contributed by atoms with Crippen LogP contribution < -0.4 is 9.64 Å². The van der Waals surface area contributed by atoms with Crippen molar-refractivity contribution in [2.24, 2.45) is 11.3 Å². The molecule has 1 spiro atoms. The molecule has 186 valence electrons. The number of anilines is 1. The second kappa shape index (κ2) is 9.18. The van der Waals surface area contributed by atoms with Gasteiger partial charge in [-0.05, 0) is 91.3 Å². The first-order valence-corrected chi connectivity index (χ1v) is 13.0. The zero-order valence-corrected chi connectivity index (χ0v) is 21.1. The molecule has 6 heteroatoms. The minimum absolute atomic E-state index is 0.183. The summed E-state index contributed by atoms with van der Waals surface area (Å²) in [6.45, 7) is 8.01. The molecule has 3 aliphatic rings. The number of carboxylic acids is 1. The summed E-state index contributed by atoms with van der Waals surface area (Å²) in [5.74, 6) is 0.0714. The summed E-state index contributed by atoms with van der Waals surface area (Å²) < 4.78 is 6.43. The number of halogens is 1. The van der Waals surface area contributed by atoms with Crippen molar-refractivity contribution >= 4 is 23.3 Å². The monoisotopic (exact) mass is 495 g/mol. The number of aliphatic hydroxyl groups is 1. The lowest BCUT2D eigenvalue weighted by Gasteiger charge is -2.52. The van der Waals surface area contributed by atoms with E-state index in [9.17, 15) is 15.0 Å². The van der Waals surface area contributed by atoms with Crippen LogP contribution in [-0.4, -0.2) is 42.0 Å². The summed E-state index contributed by atoms with van der Waals surface area (Å²) in [4.78, 5) is 14.1. The number of aliphatic hydroxyl groups excluding tert-OH is 1. The van der Waals surface area contributed by atoms with Gasteiger partial charge in [-0.1, -0.05) is 30.7 Å². The van der Waals surface area contributed by atoms with Gasteiger partial charge < -0.3 is 19.8 Å². The van der Waals surface area contributed by atoms with E-state index in [0.717, 1.165) is 61.7 Å². The van der Waals surface area contributed by atoms with E-state index >= 15 is 0 Å². The van der Waals surface area contributed by atoms with E-state index < -0.39 is 12.1 Å². The molecular formula is C29H34ClNO4. The highest BCUT2D eigenvalue weighted by Crippen LogP contribution is 2.52. The van der Waals surface area contributed by atoms with Crippen LogP contribution in [0.1, 0.15) is 60.5 Å². The van der Waals surface area contributed by atoms with Crippen LogP contribution in [-0.2, 0) is 11.8 Å². The van der Waals surface area contributed by atoms with Crippen LogP contribution in [0.25, 0.3) is 0 Å². The molecule has 0 radical (unpaired) electrons. The number of fused-ring (bicyclic) bond motifs is 3. The van der Waals surface area contributed by atoms with Gasteiger partial charge in [0.15, 0.2) is 0 Å². The highest BCUT2D eigenvalue weighted by molar-refractivity contribution is 6.30. The first-order valence-electron chi connectivity index (χ1n) is 12.6. The number of rotatable bonds is 6. The Hall–Kier alpha value is -2.50. The average Bonchev–Trinajstić information content (AvgIpc) is 2.98. The van der Waals surface area contributed by atoms with Crippen molar-refractivity contribution in [1.29, 1.82) is 0 Å². The van der Waals surface area contributed by atoms with E-state index in [1.54, 1.807) is 24.3 Å². The molecule has 2 N–H and O–H groups in total. The zero-order chi connectivity index (χ0) is 24.8. The van der Waals surface area contributed by atoms with Crippen molar-refractivity contribution in [2.75, 3.05) is 24.6 Å². The van der Waals surface area contributed by atoms with Crippen LogP contribution >= 0.6 is 11.6 Å². The summed E-state index contributed by atoms with van der Waals surface area (Å²) in [7, 11) is 0. The maximum atomic E-state index is 11.8. The van der Waals surface area contributed by atoms with E-state index in [1.807, 2.05) is 6.07 Å². The fourth-order valence-electron chi connectivity index (χ4n) is 6.48. The predicted molar refractivity (Wildman–Crippen MR) is 139 cm³/mol. The van der Waals surface area contributed by atoms with Crippen LogP contribution in [0.15, 0.2) is 49.1 Å². The first-order chi connectivity index (χ1) is 16.8. The zero-order valence-electron chi connectivity index (χ0n) is 20.3. The minimum atomic E-state index is -0.945. The van der Waals surface area contributed by atoms with Crippen molar-refractivity contribution in [2.45, 2.75) is 57.0 Å². The number of benzene rings is 2. The van der Waals surface area contributed by atoms with Gasteiger partial charge in [0, 0.05) is 23.5 Å². The van der Waals surface area contributed by atoms with Gasteiger partial charge in [-0.25, -0.2) is 4.79 Å². The number of ether oxygens (including phenoxy) is 1. The van der Waals surface area contributed by atoms with Crippen molar-refractivity contribution in [3.8, 4) is 5.75 Å². The molecule has 1 aliphatic heterocycles. The topological polar surface area (TPSA) is 70.0 Å². The second-order valence-corrected chi connectivity index (χ2v) is 11.3. The van der Waals surface area contributed by atoms with Crippen LogP contribution in [0.3, 0.4) is 0 Å². The third-order valence-corrected chi connectivity index (χ3v) is 9.08. The first kappa shape index (κ1) is 24.2. The summed E-state index contributed by atoms with van der Waals surface area (Å²) in [5, 5.41) is 21.3. The lowest BCUT2D eigenvalue weighted by molar-refractivity contribution is -0.0695. The summed E-state index contributed by atoms with van der Waals surface area (Å²) in [6, 6.07) is 11.4. The standard InChI is InChI=1S/C29H34ClNO4/c1-3-5-26(32)28(2)13-11-21(28)16-31-17-29(12-4-6-19-14-22(30)8-9-23(19)29)18-35-25-10-7-20(27(33)34)15-24(25)31/h3,7-10,14-15,21,26,32H,1,4-6,11-13,16-18H2,2H3,(H,33,34)/t21-,26-,28-,29-/m0/s1. The fourth-order valence-corrected chi connectivity index (χ4v) is 6.68. The van der Waals surface area contributed by atoms with Crippen molar-refractivity contribution in [3.05, 3.63) is 70.8 Å². The number of carboxylic acid groups (broad SMARTS) is 1. The quantitative estimate of drug-likeness (QED) is 0.491. The van der Waals surface area contributed by atoms with Gasteiger partial charge in [0.05, 0.1) is 24.0 Å². The van der Waals surface area contributed by atoms with E-state index in [1.165, 1.54) is 11.1 Å². The van der Waals surface area contributed by atoms with Crippen LogP contribution in [0, 0.1) is 11.3 Å². The van der Waals surface area contributed by atoms with E-state index in [4.69, 9.17) is 16.3 Å². The minimum Gasteiger partial charge on any atom is -0.490 e. The third-order valence-electron chi connectivity index (χ3n) is 8.84. The SMILES string of the molecule is C=CC[C@H](O)[C@@]1(C)CC[C@H]1CN1C[C@@]2(CCCc3cc(Cl)ccc32)COc2ccc(C(=O)O)cc21. The molecule has 35 heavy (non-hydrogen) atoms. The van der Waals surface area contributed by atoms with E-state index in [2.05, 4.69) is 30.5 Å². The highest BCUT2D eigenvalue weighted by Gasteiger charge is 2.49. The van der Waals surface area contributed by atoms with Gasteiger partial charge >= 0.3 is 5.97 Å². The van der Waals surface area contributed by atoms with Crippen molar-refractivity contribution in [1.82, 2.24) is 0 Å². The molecule has 5 nitrogen and oxygen atoms in total. The van der Waals surface area contributed by atoms with Gasteiger partial charge in [0.1, 0.15) is 5.75 Å². The van der Waals surface area contributed by atoms with Gasteiger partial charge in [-0.2, -0.15) is 0 Å². The predicted octanol–water partition coefficient (Wildman–Crippen LogP) is 5.86. The lowest BCUT2D eigenvalue weighted by atomic mass is 9.57. The molecule has 5 rings (SSSR count). The van der Waals surface area contributed by atoms with E-state index in [0.29, 0.717) is 18.9 Å². The Bertz CT molecular complexity index is 1150.